The van der Waals surface area contributed by atoms with Gasteiger partial charge in [0.15, 0.2) is 6.29 Å². The van der Waals surface area contributed by atoms with E-state index in [1.54, 1.807) is 41.9 Å². The van der Waals surface area contributed by atoms with Gasteiger partial charge in [-0.15, -0.1) is 0 Å². The molecule has 0 N–H and O–H groups in total. The SMILES string of the molecule is Cc1ccc(Cc2cc(C=O)nn2-c2ccc(Cl)cc2Cl)cc1F. The zero-order valence-corrected chi connectivity index (χ0v) is 14.3. The fourth-order valence-electron chi connectivity index (χ4n) is 2.44. The Morgan fingerprint density at radius 1 is 1.17 bits per heavy atom. The molecule has 0 aliphatic rings. The van der Waals surface area contributed by atoms with E-state index in [-0.39, 0.29) is 11.5 Å². The van der Waals surface area contributed by atoms with Gasteiger partial charge in [-0.25, -0.2) is 9.07 Å². The van der Waals surface area contributed by atoms with E-state index in [9.17, 15) is 9.18 Å². The lowest BCUT2D eigenvalue weighted by Gasteiger charge is -2.10. The summed E-state index contributed by atoms with van der Waals surface area (Å²) in [6, 6.07) is 11.7. The van der Waals surface area contributed by atoms with Crippen LogP contribution in [0.15, 0.2) is 42.5 Å². The van der Waals surface area contributed by atoms with Crippen LogP contribution >= 0.6 is 23.2 Å². The summed E-state index contributed by atoms with van der Waals surface area (Å²) in [5.41, 5.74) is 2.98. The van der Waals surface area contributed by atoms with Crippen molar-refractivity contribution in [1.82, 2.24) is 9.78 Å². The lowest BCUT2D eigenvalue weighted by molar-refractivity contribution is 0.111. The van der Waals surface area contributed by atoms with Crippen molar-refractivity contribution in [1.29, 1.82) is 0 Å². The third-order valence-electron chi connectivity index (χ3n) is 3.68. The minimum Gasteiger partial charge on any atom is -0.296 e. The van der Waals surface area contributed by atoms with Crippen LogP contribution in [-0.2, 0) is 6.42 Å². The van der Waals surface area contributed by atoms with Crippen molar-refractivity contribution in [3.8, 4) is 5.69 Å². The summed E-state index contributed by atoms with van der Waals surface area (Å²) in [6.45, 7) is 1.71. The smallest absolute Gasteiger partial charge is 0.170 e. The molecule has 0 saturated heterocycles. The van der Waals surface area contributed by atoms with Crippen LogP contribution in [0, 0.1) is 12.7 Å². The molecule has 0 bridgehead atoms. The number of benzene rings is 2. The Hall–Kier alpha value is -2.17. The third-order valence-corrected chi connectivity index (χ3v) is 4.22. The molecule has 1 heterocycles. The number of halogens is 3. The number of hydrogen-bond acceptors (Lipinski definition) is 2. The summed E-state index contributed by atoms with van der Waals surface area (Å²) < 4.78 is 15.4. The quantitative estimate of drug-likeness (QED) is 0.610. The molecule has 0 amide bonds. The van der Waals surface area contributed by atoms with E-state index >= 15 is 0 Å². The van der Waals surface area contributed by atoms with Crippen LogP contribution in [-0.4, -0.2) is 16.1 Å². The summed E-state index contributed by atoms with van der Waals surface area (Å²) in [5.74, 6) is -0.265. The second-order valence-electron chi connectivity index (χ2n) is 5.45. The maximum atomic E-state index is 13.8. The molecule has 24 heavy (non-hydrogen) atoms. The first-order valence-corrected chi connectivity index (χ1v) is 7.98. The number of aryl methyl sites for hydroxylation is 1. The number of aldehydes is 1. The molecule has 0 fully saturated rings. The third kappa shape index (κ3) is 3.35. The summed E-state index contributed by atoms with van der Waals surface area (Å²) >= 11 is 12.2. The zero-order chi connectivity index (χ0) is 17.3. The molecule has 122 valence electrons. The Labute approximate surface area is 148 Å². The lowest BCUT2D eigenvalue weighted by Crippen LogP contribution is -2.04. The summed E-state index contributed by atoms with van der Waals surface area (Å²) in [5, 5.41) is 5.18. The van der Waals surface area contributed by atoms with E-state index in [0.717, 1.165) is 11.3 Å². The molecule has 0 saturated carbocycles. The Morgan fingerprint density at radius 2 is 1.96 bits per heavy atom. The van der Waals surface area contributed by atoms with Gasteiger partial charge in [0.2, 0.25) is 0 Å². The van der Waals surface area contributed by atoms with Crippen LogP contribution in [0.2, 0.25) is 10.0 Å². The standard InChI is InChI=1S/C18H13Cl2FN2O/c1-11-2-3-12(7-17(11)21)6-15-9-14(10-24)22-23(15)18-5-4-13(19)8-16(18)20/h2-5,7-10H,6H2,1H3. The van der Waals surface area contributed by atoms with Gasteiger partial charge in [-0.05, 0) is 48.4 Å². The lowest BCUT2D eigenvalue weighted by atomic mass is 10.1. The van der Waals surface area contributed by atoms with Crippen molar-refractivity contribution in [2.24, 2.45) is 0 Å². The first-order valence-electron chi connectivity index (χ1n) is 7.22. The monoisotopic (exact) mass is 362 g/mol. The second kappa shape index (κ2) is 6.75. The molecule has 0 atom stereocenters. The molecule has 3 rings (SSSR count). The fourth-order valence-corrected chi connectivity index (χ4v) is 2.93. The van der Waals surface area contributed by atoms with Crippen molar-refractivity contribution in [2.75, 3.05) is 0 Å². The minimum atomic E-state index is -0.265. The van der Waals surface area contributed by atoms with E-state index in [1.807, 2.05) is 6.07 Å². The topological polar surface area (TPSA) is 34.9 Å². The number of aromatic nitrogens is 2. The van der Waals surface area contributed by atoms with Crippen LogP contribution in [0.4, 0.5) is 4.39 Å². The highest BCUT2D eigenvalue weighted by Gasteiger charge is 2.13. The predicted octanol–water partition coefficient (Wildman–Crippen LogP) is 5.03. The van der Waals surface area contributed by atoms with E-state index < -0.39 is 0 Å². The Bertz CT molecular complexity index is 921. The second-order valence-corrected chi connectivity index (χ2v) is 6.29. The number of hydrogen-bond donors (Lipinski definition) is 0. The molecule has 0 unspecified atom stereocenters. The number of carbonyl (C=O) groups excluding carboxylic acids is 1. The number of nitrogens with zero attached hydrogens (tertiary/aromatic N) is 2. The molecule has 1 aromatic heterocycles. The van der Waals surface area contributed by atoms with Crippen LogP contribution < -0.4 is 0 Å². The van der Waals surface area contributed by atoms with Gasteiger partial charge < -0.3 is 0 Å². The maximum Gasteiger partial charge on any atom is 0.170 e. The molecule has 3 nitrogen and oxygen atoms in total. The van der Waals surface area contributed by atoms with Gasteiger partial charge in [-0.1, -0.05) is 35.3 Å². The van der Waals surface area contributed by atoms with Crippen LogP contribution in [0.3, 0.4) is 0 Å². The first-order chi connectivity index (χ1) is 11.5. The van der Waals surface area contributed by atoms with Crippen LogP contribution in [0.1, 0.15) is 27.3 Å². The summed E-state index contributed by atoms with van der Waals surface area (Å²) in [7, 11) is 0. The van der Waals surface area contributed by atoms with Gasteiger partial charge in [0.1, 0.15) is 11.5 Å². The van der Waals surface area contributed by atoms with E-state index in [2.05, 4.69) is 5.10 Å². The summed E-state index contributed by atoms with van der Waals surface area (Å²) in [4.78, 5) is 11.1. The van der Waals surface area contributed by atoms with Gasteiger partial charge in [0, 0.05) is 17.1 Å². The Balaban J connectivity index is 2.05. The largest absolute Gasteiger partial charge is 0.296 e. The van der Waals surface area contributed by atoms with Crippen molar-refractivity contribution >= 4 is 29.5 Å². The molecule has 0 radical (unpaired) electrons. The Kier molecular flexibility index (Phi) is 4.69. The van der Waals surface area contributed by atoms with Crippen LogP contribution in [0.25, 0.3) is 5.69 Å². The van der Waals surface area contributed by atoms with Crippen molar-refractivity contribution in [3.63, 3.8) is 0 Å². The molecule has 0 spiro atoms. The van der Waals surface area contributed by atoms with E-state index in [4.69, 9.17) is 23.2 Å². The predicted molar refractivity (Wildman–Crippen MR) is 92.9 cm³/mol. The summed E-state index contributed by atoms with van der Waals surface area (Å²) in [6.07, 6.45) is 1.08. The first kappa shape index (κ1) is 16.7. The van der Waals surface area contributed by atoms with Crippen molar-refractivity contribution < 1.29 is 9.18 Å². The highest BCUT2D eigenvalue weighted by Crippen LogP contribution is 2.26. The fraction of sp³-hybridized carbons (Fsp3) is 0.111. The average Bonchev–Trinajstić information content (AvgIpc) is 2.94. The van der Waals surface area contributed by atoms with Gasteiger partial charge >= 0.3 is 0 Å². The molecular formula is C18H13Cl2FN2O. The van der Waals surface area contributed by atoms with E-state index in [1.165, 1.54) is 6.07 Å². The molecule has 3 aromatic rings. The molecule has 6 heteroatoms. The highest BCUT2D eigenvalue weighted by atomic mass is 35.5. The normalized spacial score (nSPS) is 10.8. The van der Waals surface area contributed by atoms with Gasteiger partial charge in [0.05, 0.1) is 10.7 Å². The highest BCUT2D eigenvalue weighted by molar-refractivity contribution is 6.35. The Morgan fingerprint density at radius 3 is 2.62 bits per heavy atom. The molecule has 0 aliphatic heterocycles. The number of rotatable bonds is 4. The van der Waals surface area contributed by atoms with Crippen LogP contribution in [0.5, 0.6) is 0 Å². The van der Waals surface area contributed by atoms with Gasteiger partial charge in [0.25, 0.3) is 0 Å². The van der Waals surface area contributed by atoms with Gasteiger partial charge in [-0.2, -0.15) is 5.10 Å². The minimum absolute atomic E-state index is 0.265. The van der Waals surface area contributed by atoms with Crippen molar-refractivity contribution in [2.45, 2.75) is 13.3 Å². The maximum absolute atomic E-state index is 13.8. The average molecular weight is 363 g/mol. The van der Waals surface area contributed by atoms with Crippen molar-refractivity contribution in [3.05, 3.63) is 80.8 Å². The molecule has 2 aromatic carbocycles. The molecular weight excluding hydrogens is 350 g/mol. The van der Waals surface area contributed by atoms with Gasteiger partial charge in [-0.3, -0.25) is 4.79 Å². The molecule has 0 aliphatic carbocycles. The number of carbonyl (C=O) groups is 1. The zero-order valence-electron chi connectivity index (χ0n) is 12.8. The van der Waals surface area contributed by atoms with E-state index in [0.29, 0.717) is 34.0 Å².